The summed E-state index contributed by atoms with van der Waals surface area (Å²) in [6.45, 7) is 1.67. The molecule has 0 N–H and O–H groups in total. The third-order valence-electron chi connectivity index (χ3n) is 5.35. The van der Waals surface area contributed by atoms with Crippen molar-refractivity contribution in [2.45, 2.75) is 63.9 Å². The Morgan fingerprint density at radius 2 is 1.64 bits per heavy atom. The zero-order valence-corrected chi connectivity index (χ0v) is 16.8. The SMILES string of the molecule is O=C(c1ccccc1)c1cccc(OCCCCCCCCC2CCCO2)c1. The van der Waals surface area contributed by atoms with Crippen LogP contribution >= 0.6 is 0 Å². The van der Waals surface area contributed by atoms with Gasteiger partial charge in [-0.3, -0.25) is 4.79 Å². The van der Waals surface area contributed by atoms with E-state index in [1.807, 2.05) is 54.6 Å². The predicted molar refractivity (Wildman–Crippen MR) is 113 cm³/mol. The molecule has 2 aromatic carbocycles. The van der Waals surface area contributed by atoms with Crippen LogP contribution in [-0.4, -0.2) is 25.1 Å². The van der Waals surface area contributed by atoms with Crippen molar-refractivity contribution < 1.29 is 14.3 Å². The average molecular weight is 381 g/mol. The molecule has 0 amide bonds. The molecule has 3 rings (SSSR count). The van der Waals surface area contributed by atoms with Crippen molar-refractivity contribution in [3.8, 4) is 5.75 Å². The van der Waals surface area contributed by atoms with Crippen LogP contribution in [-0.2, 0) is 4.74 Å². The lowest BCUT2D eigenvalue weighted by Crippen LogP contribution is -2.04. The molecule has 150 valence electrons. The molecule has 28 heavy (non-hydrogen) atoms. The van der Waals surface area contributed by atoms with Crippen molar-refractivity contribution >= 4 is 5.78 Å². The molecule has 1 saturated heterocycles. The number of ketones is 1. The summed E-state index contributed by atoms with van der Waals surface area (Å²) in [5.41, 5.74) is 1.38. The highest BCUT2D eigenvalue weighted by molar-refractivity contribution is 6.09. The third-order valence-corrected chi connectivity index (χ3v) is 5.35. The molecular weight excluding hydrogens is 348 g/mol. The Labute approximate surface area is 169 Å². The van der Waals surface area contributed by atoms with Gasteiger partial charge in [0.2, 0.25) is 0 Å². The van der Waals surface area contributed by atoms with Crippen molar-refractivity contribution in [1.29, 1.82) is 0 Å². The van der Waals surface area contributed by atoms with Crippen LogP contribution in [0.5, 0.6) is 5.75 Å². The minimum absolute atomic E-state index is 0.0362. The van der Waals surface area contributed by atoms with Crippen LogP contribution in [0.15, 0.2) is 54.6 Å². The summed E-state index contributed by atoms with van der Waals surface area (Å²) in [7, 11) is 0. The maximum atomic E-state index is 12.5. The highest BCUT2D eigenvalue weighted by Crippen LogP contribution is 2.19. The third kappa shape index (κ3) is 6.79. The Balaban J connectivity index is 1.28. The van der Waals surface area contributed by atoms with Gasteiger partial charge in [0.1, 0.15) is 5.75 Å². The number of rotatable bonds is 12. The maximum absolute atomic E-state index is 12.5. The Hall–Kier alpha value is -2.13. The van der Waals surface area contributed by atoms with E-state index >= 15 is 0 Å². The molecule has 0 spiro atoms. The van der Waals surface area contributed by atoms with Gasteiger partial charge in [-0.15, -0.1) is 0 Å². The molecule has 1 fully saturated rings. The van der Waals surface area contributed by atoms with Gasteiger partial charge in [0.25, 0.3) is 0 Å². The summed E-state index contributed by atoms with van der Waals surface area (Å²) in [4.78, 5) is 12.5. The number of ether oxygens (including phenoxy) is 2. The predicted octanol–water partition coefficient (Wildman–Crippen LogP) is 6.21. The molecule has 0 radical (unpaired) electrons. The standard InChI is InChI=1S/C25H32O3/c26-25(21-12-6-5-7-13-21)22-14-10-16-24(20-22)28-18-9-4-2-1-3-8-15-23-17-11-19-27-23/h5-7,10,12-14,16,20,23H,1-4,8-9,11,15,17-19H2. The molecule has 1 aliphatic rings. The van der Waals surface area contributed by atoms with E-state index < -0.39 is 0 Å². The fourth-order valence-electron chi connectivity index (χ4n) is 3.73. The molecule has 0 saturated carbocycles. The number of hydrogen-bond donors (Lipinski definition) is 0. The molecule has 3 nitrogen and oxygen atoms in total. The fraction of sp³-hybridized carbons (Fsp3) is 0.480. The number of unbranched alkanes of at least 4 members (excludes halogenated alkanes) is 5. The van der Waals surface area contributed by atoms with Gasteiger partial charge in [0.05, 0.1) is 12.7 Å². The number of carbonyl (C=O) groups is 1. The summed E-state index contributed by atoms with van der Waals surface area (Å²) in [6, 6.07) is 16.9. The average Bonchev–Trinajstić information content (AvgIpc) is 3.26. The first-order valence-electron chi connectivity index (χ1n) is 10.8. The van der Waals surface area contributed by atoms with Crippen LogP contribution in [0.3, 0.4) is 0 Å². The van der Waals surface area contributed by atoms with E-state index in [9.17, 15) is 4.79 Å². The summed E-state index contributed by atoms with van der Waals surface area (Å²) in [6.07, 6.45) is 11.7. The topological polar surface area (TPSA) is 35.5 Å². The molecule has 1 unspecified atom stereocenters. The first-order chi connectivity index (χ1) is 13.8. The zero-order valence-electron chi connectivity index (χ0n) is 16.8. The van der Waals surface area contributed by atoms with Gasteiger partial charge in [-0.05, 0) is 37.8 Å². The van der Waals surface area contributed by atoms with Crippen molar-refractivity contribution in [3.63, 3.8) is 0 Å². The molecule has 0 aromatic heterocycles. The second-order valence-corrected chi connectivity index (χ2v) is 7.62. The Morgan fingerprint density at radius 3 is 2.43 bits per heavy atom. The van der Waals surface area contributed by atoms with Crippen LogP contribution in [0.2, 0.25) is 0 Å². The minimum atomic E-state index is 0.0362. The molecule has 1 atom stereocenters. The van der Waals surface area contributed by atoms with E-state index in [0.717, 1.165) is 18.8 Å². The highest BCUT2D eigenvalue weighted by Gasteiger charge is 2.14. The zero-order chi connectivity index (χ0) is 19.4. The first kappa shape index (κ1) is 20.6. The van der Waals surface area contributed by atoms with Crippen LogP contribution in [0.1, 0.15) is 73.7 Å². The van der Waals surface area contributed by atoms with Crippen molar-refractivity contribution in [2.75, 3.05) is 13.2 Å². The lowest BCUT2D eigenvalue weighted by molar-refractivity contribution is 0.102. The number of benzene rings is 2. The van der Waals surface area contributed by atoms with Crippen LogP contribution in [0, 0.1) is 0 Å². The molecule has 1 heterocycles. The van der Waals surface area contributed by atoms with Gasteiger partial charge in [0.15, 0.2) is 5.78 Å². The van der Waals surface area contributed by atoms with Gasteiger partial charge in [-0.25, -0.2) is 0 Å². The summed E-state index contributed by atoms with van der Waals surface area (Å²) in [5, 5.41) is 0. The second-order valence-electron chi connectivity index (χ2n) is 7.62. The number of hydrogen-bond acceptors (Lipinski definition) is 3. The van der Waals surface area contributed by atoms with E-state index in [1.54, 1.807) is 0 Å². The van der Waals surface area contributed by atoms with Gasteiger partial charge in [0, 0.05) is 17.7 Å². The second kappa shape index (κ2) is 11.7. The van der Waals surface area contributed by atoms with Crippen LogP contribution in [0.25, 0.3) is 0 Å². The van der Waals surface area contributed by atoms with E-state index in [-0.39, 0.29) is 5.78 Å². The van der Waals surface area contributed by atoms with Gasteiger partial charge < -0.3 is 9.47 Å². The minimum Gasteiger partial charge on any atom is -0.494 e. The normalized spacial score (nSPS) is 16.2. The van der Waals surface area contributed by atoms with Gasteiger partial charge in [-0.1, -0.05) is 74.6 Å². The quantitative estimate of drug-likeness (QED) is 0.324. The van der Waals surface area contributed by atoms with Crippen molar-refractivity contribution in [2.24, 2.45) is 0 Å². The van der Waals surface area contributed by atoms with Crippen LogP contribution < -0.4 is 4.74 Å². The van der Waals surface area contributed by atoms with Crippen LogP contribution in [0.4, 0.5) is 0 Å². The molecule has 3 heteroatoms. The molecule has 2 aromatic rings. The number of carbonyl (C=O) groups excluding carboxylic acids is 1. The monoisotopic (exact) mass is 380 g/mol. The molecular formula is C25H32O3. The molecule has 1 aliphatic heterocycles. The smallest absolute Gasteiger partial charge is 0.193 e. The Bertz CT molecular complexity index is 705. The fourth-order valence-corrected chi connectivity index (χ4v) is 3.73. The summed E-state index contributed by atoms with van der Waals surface area (Å²) < 4.78 is 11.5. The van der Waals surface area contributed by atoms with E-state index in [4.69, 9.17) is 9.47 Å². The lowest BCUT2D eigenvalue weighted by atomic mass is 10.0. The summed E-state index contributed by atoms with van der Waals surface area (Å²) >= 11 is 0. The van der Waals surface area contributed by atoms with E-state index in [0.29, 0.717) is 23.8 Å². The maximum Gasteiger partial charge on any atom is 0.193 e. The van der Waals surface area contributed by atoms with Crippen molar-refractivity contribution in [1.82, 2.24) is 0 Å². The Kier molecular flexibility index (Phi) is 8.57. The van der Waals surface area contributed by atoms with Gasteiger partial charge >= 0.3 is 0 Å². The highest BCUT2D eigenvalue weighted by atomic mass is 16.5. The van der Waals surface area contributed by atoms with Gasteiger partial charge in [-0.2, -0.15) is 0 Å². The summed E-state index contributed by atoms with van der Waals surface area (Å²) in [5.74, 6) is 0.812. The lowest BCUT2D eigenvalue weighted by Gasteiger charge is -2.09. The van der Waals surface area contributed by atoms with E-state index in [2.05, 4.69) is 0 Å². The Morgan fingerprint density at radius 1 is 0.893 bits per heavy atom. The largest absolute Gasteiger partial charge is 0.494 e. The first-order valence-corrected chi connectivity index (χ1v) is 10.8. The van der Waals surface area contributed by atoms with Crippen molar-refractivity contribution in [3.05, 3.63) is 65.7 Å². The van der Waals surface area contributed by atoms with E-state index in [1.165, 1.54) is 51.4 Å². The molecule has 0 aliphatic carbocycles. The molecule has 0 bridgehead atoms.